The number of carbonyl (C=O) groups is 1. The molecule has 0 unspecified atom stereocenters. The Kier molecular flexibility index (Phi) is 4.52. The van der Waals surface area contributed by atoms with Gasteiger partial charge in [0.2, 0.25) is 0 Å². The summed E-state index contributed by atoms with van der Waals surface area (Å²) in [4.78, 5) is 12.0. The van der Waals surface area contributed by atoms with E-state index in [1.807, 2.05) is 0 Å². The van der Waals surface area contributed by atoms with E-state index >= 15 is 0 Å². The highest BCUT2D eigenvalue weighted by Crippen LogP contribution is 2.34. The van der Waals surface area contributed by atoms with Crippen LogP contribution >= 0.6 is 39.1 Å². The van der Waals surface area contributed by atoms with Gasteiger partial charge in [-0.05, 0) is 30.3 Å². The van der Waals surface area contributed by atoms with Gasteiger partial charge in [0, 0.05) is 10.2 Å². The van der Waals surface area contributed by atoms with E-state index in [0.29, 0.717) is 4.47 Å². The van der Waals surface area contributed by atoms with Gasteiger partial charge in [-0.3, -0.25) is 4.79 Å². The predicted molar refractivity (Wildman–Crippen MR) is 82.9 cm³/mol. The van der Waals surface area contributed by atoms with Crippen LogP contribution in [0.4, 0.5) is 15.8 Å². The van der Waals surface area contributed by atoms with Crippen molar-refractivity contribution in [3.63, 3.8) is 0 Å². The molecule has 0 radical (unpaired) electrons. The summed E-state index contributed by atoms with van der Waals surface area (Å²) in [5.74, 6) is -1.37. The van der Waals surface area contributed by atoms with E-state index in [1.165, 1.54) is 12.1 Å². The van der Waals surface area contributed by atoms with Crippen LogP contribution in [0.25, 0.3) is 0 Å². The molecule has 0 saturated heterocycles. The third-order valence-corrected chi connectivity index (χ3v) is 3.54. The molecule has 2 aromatic carbocycles. The Bertz CT molecular complexity index is 671. The molecule has 2 rings (SSSR count). The summed E-state index contributed by atoms with van der Waals surface area (Å²) in [6.07, 6.45) is 0. The lowest BCUT2D eigenvalue weighted by atomic mass is 10.1. The minimum atomic E-state index is -0.716. The van der Waals surface area contributed by atoms with Crippen molar-refractivity contribution in [1.29, 1.82) is 0 Å². The van der Waals surface area contributed by atoms with Gasteiger partial charge < -0.3 is 11.1 Å². The summed E-state index contributed by atoms with van der Waals surface area (Å²) in [7, 11) is 0. The molecule has 0 bridgehead atoms. The SMILES string of the molecule is Nc1ccc(C(=O)Nc2c(Cl)cc(Br)cc2Cl)c(F)c1. The van der Waals surface area contributed by atoms with E-state index in [1.54, 1.807) is 12.1 Å². The van der Waals surface area contributed by atoms with Crippen molar-refractivity contribution >= 4 is 56.4 Å². The number of nitrogens with one attached hydrogen (secondary N) is 1. The normalized spacial score (nSPS) is 10.4. The average Bonchev–Trinajstić information content (AvgIpc) is 2.33. The molecule has 2 aromatic rings. The zero-order valence-electron chi connectivity index (χ0n) is 9.88. The quantitative estimate of drug-likeness (QED) is 0.743. The van der Waals surface area contributed by atoms with E-state index in [2.05, 4.69) is 21.2 Å². The molecule has 0 aromatic heterocycles. The third-order valence-electron chi connectivity index (χ3n) is 2.48. The van der Waals surface area contributed by atoms with Crippen LogP contribution in [0.1, 0.15) is 10.4 Å². The molecule has 3 nitrogen and oxygen atoms in total. The first kappa shape index (κ1) is 15.1. The van der Waals surface area contributed by atoms with Crippen molar-refractivity contribution in [2.45, 2.75) is 0 Å². The summed E-state index contributed by atoms with van der Waals surface area (Å²) in [6, 6.07) is 6.94. The lowest BCUT2D eigenvalue weighted by Crippen LogP contribution is -2.14. The molecule has 0 aliphatic carbocycles. The summed E-state index contributed by atoms with van der Waals surface area (Å²) >= 11 is 15.2. The van der Waals surface area contributed by atoms with E-state index in [9.17, 15) is 9.18 Å². The highest BCUT2D eigenvalue weighted by Gasteiger charge is 2.15. The molecule has 0 aliphatic heterocycles. The van der Waals surface area contributed by atoms with Crippen LogP contribution in [0.3, 0.4) is 0 Å². The monoisotopic (exact) mass is 376 g/mol. The molecule has 0 saturated carbocycles. The van der Waals surface area contributed by atoms with Crippen LogP contribution in [0.15, 0.2) is 34.8 Å². The van der Waals surface area contributed by atoms with Crippen LogP contribution < -0.4 is 11.1 Å². The molecule has 1 amide bonds. The van der Waals surface area contributed by atoms with Crippen molar-refractivity contribution in [3.05, 3.63) is 56.2 Å². The molecule has 0 heterocycles. The minimum Gasteiger partial charge on any atom is -0.399 e. The van der Waals surface area contributed by atoms with E-state index in [-0.39, 0.29) is 27.0 Å². The Hall–Kier alpha value is -1.30. The van der Waals surface area contributed by atoms with Crippen molar-refractivity contribution in [2.24, 2.45) is 0 Å². The van der Waals surface area contributed by atoms with Gasteiger partial charge in [-0.15, -0.1) is 0 Å². The summed E-state index contributed by atoms with van der Waals surface area (Å²) in [5, 5.41) is 2.97. The summed E-state index contributed by atoms with van der Waals surface area (Å²) in [6.45, 7) is 0. The van der Waals surface area contributed by atoms with Crippen LogP contribution in [0, 0.1) is 5.82 Å². The third kappa shape index (κ3) is 3.23. The Morgan fingerprint density at radius 3 is 2.35 bits per heavy atom. The van der Waals surface area contributed by atoms with Gasteiger partial charge in [0.15, 0.2) is 0 Å². The van der Waals surface area contributed by atoms with Gasteiger partial charge in [-0.1, -0.05) is 39.1 Å². The fraction of sp³-hybridized carbons (Fsp3) is 0. The fourth-order valence-corrected chi connectivity index (χ4v) is 2.86. The second-order valence-electron chi connectivity index (χ2n) is 3.94. The van der Waals surface area contributed by atoms with Crippen molar-refractivity contribution < 1.29 is 9.18 Å². The molecular formula is C13H8BrCl2FN2O. The largest absolute Gasteiger partial charge is 0.399 e. The van der Waals surface area contributed by atoms with Crippen LogP contribution in [-0.2, 0) is 0 Å². The number of hydrogen-bond donors (Lipinski definition) is 2. The standard InChI is InChI=1S/C13H8BrCl2FN2O/c14-6-3-9(15)12(10(16)4-6)19-13(20)8-2-1-7(18)5-11(8)17/h1-5H,18H2,(H,19,20). The van der Waals surface area contributed by atoms with E-state index < -0.39 is 11.7 Å². The zero-order chi connectivity index (χ0) is 14.9. The number of nitrogen functional groups attached to an aromatic ring is 1. The molecule has 20 heavy (non-hydrogen) atoms. The first-order chi connectivity index (χ1) is 9.38. The van der Waals surface area contributed by atoms with E-state index in [0.717, 1.165) is 6.07 Å². The van der Waals surface area contributed by atoms with Crippen LogP contribution in [0.5, 0.6) is 0 Å². The number of carbonyl (C=O) groups excluding carboxylic acids is 1. The first-order valence-corrected chi connectivity index (χ1v) is 6.94. The van der Waals surface area contributed by atoms with Crippen molar-refractivity contribution in [1.82, 2.24) is 0 Å². The molecule has 104 valence electrons. The van der Waals surface area contributed by atoms with Gasteiger partial charge in [-0.25, -0.2) is 4.39 Å². The second-order valence-corrected chi connectivity index (χ2v) is 5.67. The summed E-state index contributed by atoms with van der Waals surface area (Å²) in [5.41, 5.74) is 5.74. The number of nitrogens with two attached hydrogens (primary N) is 1. The summed E-state index contributed by atoms with van der Waals surface area (Å²) < 4.78 is 14.3. The number of anilines is 2. The highest BCUT2D eigenvalue weighted by atomic mass is 79.9. The second kappa shape index (κ2) is 5.99. The average molecular weight is 378 g/mol. The van der Waals surface area contributed by atoms with Crippen LogP contribution in [-0.4, -0.2) is 5.91 Å². The zero-order valence-corrected chi connectivity index (χ0v) is 13.0. The van der Waals surface area contributed by atoms with E-state index in [4.69, 9.17) is 28.9 Å². The number of rotatable bonds is 2. The smallest absolute Gasteiger partial charge is 0.258 e. The van der Waals surface area contributed by atoms with Gasteiger partial charge in [0.1, 0.15) is 5.82 Å². The minimum absolute atomic E-state index is 0.144. The van der Waals surface area contributed by atoms with Crippen molar-refractivity contribution in [3.8, 4) is 0 Å². The molecule has 3 N–H and O–H groups in total. The molecule has 7 heteroatoms. The molecule has 0 fully saturated rings. The number of benzene rings is 2. The maximum atomic E-state index is 13.7. The number of hydrogen-bond acceptors (Lipinski definition) is 2. The first-order valence-electron chi connectivity index (χ1n) is 5.39. The Balaban J connectivity index is 2.33. The Labute approximate surface area is 133 Å². The topological polar surface area (TPSA) is 55.1 Å². The number of amides is 1. The lowest BCUT2D eigenvalue weighted by molar-refractivity contribution is 0.102. The van der Waals surface area contributed by atoms with Gasteiger partial charge in [-0.2, -0.15) is 0 Å². The van der Waals surface area contributed by atoms with Crippen LogP contribution in [0.2, 0.25) is 10.0 Å². The van der Waals surface area contributed by atoms with Gasteiger partial charge in [0.25, 0.3) is 5.91 Å². The highest BCUT2D eigenvalue weighted by molar-refractivity contribution is 9.10. The predicted octanol–water partition coefficient (Wildman–Crippen LogP) is 4.73. The Morgan fingerprint density at radius 1 is 1.20 bits per heavy atom. The van der Waals surface area contributed by atoms with Gasteiger partial charge >= 0.3 is 0 Å². The van der Waals surface area contributed by atoms with Gasteiger partial charge in [0.05, 0.1) is 21.3 Å². The molecule has 0 aliphatic rings. The maximum absolute atomic E-state index is 13.7. The number of halogens is 4. The lowest BCUT2D eigenvalue weighted by Gasteiger charge is -2.10. The molecule has 0 atom stereocenters. The Morgan fingerprint density at radius 2 is 1.80 bits per heavy atom. The van der Waals surface area contributed by atoms with Crippen molar-refractivity contribution in [2.75, 3.05) is 11.1 Å². The fourth-order valence-electron chi connectivity index (χ4n) is 1.56. The maximum Gasteiger partial charge on any atom is 0.258 e. The molecular weight excluding hydrogens is 370 g/mol. The molecule has 0 spiro atoms.